The highest BCUT2D eigenvalue weighted by molar-refractivity contribution is 14.0. The highest BCUT2D eigenvalue weighted by Crippen LogP contribution is 2.21. The van der Waals surface area contributed by atoms with E-state index in [1.54, 1.807) is 11.3 Å². The summed E-state index contributed by atoms with van der Waals surface area (Å²) in [5.74, 6) is 1.04. The maximum absolute atomic E-state index is 12.1. The van der Waals surface area contributed by atoms with Crippen LogP contribution in [-0.2, 0) is 17.8 Å². The van der Waals surface area contributed by atoms with Crippen LogP contribution >= 0.6 is 35.3 Å². The lowest BCUT2D eigenvalue weighted by Gasteiger charge is -2.26. The van der Waals surface area contributed by atoms with E-state index in [-0.39, 0.29) is 29.9 Å². The van der Waals surface area contributed by atoms with Gasteiger partial charge >= 0.3 is 0 Å². The van der Waals surface area contributed by atoms with Crippen molar-refractivity contribution in [3.05, 3.63) is 45.4 Å². The number of anilines is 1. The molecular weight excluding hydrogens is 509 g/mol. The van der Waals surface area contributed by atoms with Gasteiger partial charge in [-0.1, -0.05) is 12.1 Å². The maximum atomic E-state index is 12.1. The number of nitrogens with zero attached hydrogens (tertiary/aromatic N) is 3. The van der Waals surface area contributed by atoms with E-state index in [1.165, 1.54) is 4.88 Å². The molecule has 30 heavy (non-hydrogen) atoms. The molecule has 2 heterocycles. The molecule has 164 valence electrons. The number of benzene rings is 1. The number of carbonyl (C=O) groups excluding carboxylic acids is 1. The summed E-state index contributed by atoms with van der Waals surface area (Å²) in [6.07, 6.45) is 3.63. The lowest BCUT2D eigenvalue weighted by Crippen LogP contribution is -2.38. The molecule has 2 aromatic rings. The van der Waals surface area contributed by atoms with Crippen LogP contribution in [0.3, 0.4) is 0 Å². The zero-order valence-electron chi connectivity index (χ0n) is 18.0. The Balaban J connectivity index is 0.00000320. The smallest absolute Gasteiger partial charge is 0.226 e. The van der Waals surface area contributed by atoms with Crippen molar-refractivity contribution < 1.29 is 4.79 Å². The number of hydrogen-bond donors (Lipinski definition) is 2. The van der Waals surface area contributed by atoms with E-state index in [4.69, 9.17) is 4.99 Å². The molecule has 0 bridgehead atoms. The molecule has 0 radical (unpaired) electrons. The van der Waals surface area contributed by atoms with Gasteiger partial charge in [0.25, 0.3) is 0 Å². The van der Waals surface area contributed by atoms with Crippen LogP contribution in [0.4, 0.5) is 5.69 Å². The van der Waals surface area contributed by atoms with Gasteiger partial charge < -0.3 is 15.5 Å². The number of amides is 1. The zero-order valence-corrected chi connectivity index (χ0v) is 21.2. The lowest BCUT2D eigenvalue weighted by atomic mass is 10.1. The van der Waals surface area contributed by atoms with Gasteiger partial charge in [-0.2, -0.15) is 0 Å². The summed E-state index contributed by atoms with van der Waals surface area (Å²) in [5, 5.41) is 7.84. The van der Waals surface area contributed by atoms with E-state index >= 15 is 0 Å². The molecule has 0 unspecified atom stereocenters. The third-order valence-corrected chi connectivity index (χ3v) is 6.17. The van der Waals surface area contributed by atoms with Gasteiger partial charge in [-0.15, -0.1) is 35.3 Å². The van der Waals surface area contributed by atoms with Gasteiger partial charge in [-0.3, -0.25) is 4.79 Å². The molecule has 1 aromatic carbocycles. The van der Waals surface area contributed by atoms with Crippen LogP contribution in [-0.4, -0.2) is 36.5 Å². The summed E-state index contributed by atoms with van der Waals surface area (Å²) in [7, 11) is 0. The first-order valence-electron chi connectivity index (χ1n) is 10.4. The Morgan fingerprint density at radius 3 is 2.60 bits per heavy atom. The molecular formula is C22H32IN5OS. The molecule has 3 rings (SSSR count). The topological polar surface area (TPSA) is 69.6 Å². The van der Waals surface area contributed by atoms with Crippen molar-refractivity contribution in [2.45, 2.75) is 53.0 Å². The van der Waals surface area contributed by atoms with Gasteiger partial charge in [0.05, 0.1) is 17.2 Å². The molecule has 0 aliphatic carbocycles. The van der Waals surface area contributed by atoms with E-state index < -0.39 is 0 Å². The molecule has 1 amide bonds. The van der Waals surface area contributed by atoms with Crippen LogP contribution in [0.15, 0.2) is 29.3 Å². The third-order valence-electron chi connectivity index (χ3n) is 5.04. The summed E-state index contributed by atoms with van der Waals surface area (Å²) in [5.41, 5.74) is 3.24. The maximum Gasteiger partial charge on any atom is 0.226 e. The summed E-state index contributed by atoms with van der Waals surface area (Å²) >= 11 is 1.76. The van der Waals surface area contributed by atoms with Crippen LogP contribution in [0.25, 0.3) is 0 Å². The lowest BCUT2D eigenvalue weighted by molar-refractivity contribution is -0.119. The number of aliphatic imine (C=N–C) groups is 1. The number of halogens is 1. The fraction of sp³-hybridized carbons (Fsp3) is 0.500. The number of aryl methyl sites for hydroxylation is 2. The second kappa shape index (κ2) is 12.2. The molecule has 2 N–H and O–H groups in total. The minimum Gasteiger partial charge on any atom is -0.357 e. The Kier molecular flexibility index (Phi) is 10.0. The molecule has 0 saturated carbocycles. The first-order valence-corrected chi connectivity index (χ1v) is 11.2. The highest BCUT2D eigenvalue weighted by Gasteiger charge is 2.19. The molecule has 1 aliphatic rings. The second-order valence-corrected chi connectivity index (χ2v) is 8.58. The van der Waals surface area contributed by atoms with Crippen molar-refractivity contribution in [2.75, 3.05) is 24.5 Å². The Morgan fingerprint density at radius 2 is 1.97 bits per heavy atom. The summed E-state index contributed by atoms with van der Waals surface area (Å²) in [4.78, 5) is 24.5. The number of aromatic nitrogens is 1. The standard InChI is InChI=1S/C22H31N5OS.HI/c1-4-23-22(24-13-12-20-26-16(2)17(3)29-20)25-15-18-8-10-19(11-9-18)27-14-6-5-7-21(27)28;/h8-11H,4-7,12-15H2,1-3H3,(H2,23,24,25);1H. The molecule has 6 nitrogen and oxygen atoms in total. The SMILES string of the molecule is CCNC(=NCc1ccc(N2CCCCC2=O)cc1)NCCc1nc(C)c(C)s1.I. The van der Waals surface area contributed by atoms with Crippen LogP contribution < -0.4 is 15.5 Å². The van der Waals surface area contributed by atoms with Gasteiger partial charge in [-0.25, -0.2) is 9.98 Å². The Labute approximate surface area is 200 Å². The predicted octanol–water partition coefficient (Wildman–Crippen LogP) is 4.19. The number of guanidine groups is 1. The number of piperidine rings is 1. The monoisotopic (exact) mass is 541 g/mol. The molecule has 1 saturated heterocycles. The average molecular weight is 542 g/mol. The van der Waals surface area contributed by atoms with Crippen LogP contribution in [0.2, 0.25) is 0 Å². The van der Waals surface area contributed by atoms with E-state index in [0.717, 1.165) is 66.8 Å². The van der Waals surface area contributed by atoms with Crippen LogP contribution in [0.5, 0.6) is 0 Å². The normalized spacial score (nSPS) is 14.4. The summed E-state index contributed by atoms with van der Waals surface area (Å²) in [6, 6.07) is 8.18. The van der Waals surface area contributed by atoms with Gasteiger partial charge in [0.2, 0.25) is 5.91 Å². The number of carbonyl (C=O) groups is 1. The van der Waals surface area contributed by atoms with Crippen molar-refractivity contribution in [2.24, 2.45) is 4.99 Å². The van der Waals surface area contributed by atoms with Crippen LogP contribution in [0, 0.1) is 13.8 Å². The minimum absolute atomic E-state index is 0. The van der Waals surface area contributed by atoms with Crippen molar-refractivity contribution in [1.29, 1.82) is 0 Å². The average Bonchev–Trinajstić information content (AvgIpc) is 3.04. The van der Waals surface area contributed by atoms with Gasteiger partial charge in [-0.05, 0) is 51.3 Å². The van der Waals surface area contributed by atoms with E-state index in [2.05, 4.69) is 48.5 Å². The quantitative estimate of drug-likeness (QED) is 0.314. The van der Waals surface area contributed by atoms with Crippen molar-refractivity contribution in [3.8, 4) is 0 Å². The molecule has 1 aliphatic heterocycles. The van der Waals surface area contributed by atoms with Crippen molar-refractivity contribution >= 4 is 52.9 Å². The van der Waals surface area contributed by atoms with Gasteiger partial charge in [0.15, 0.2) is 5.96 Å². The first kappa shape index (κ1) is 24.6. The minimum atomic E-state index is 0. The van der Waals surface area contributed by atoms with E-state index in [9.17, 15) is 4.79 Å². The largest absolute Gasteiger partial charge is 0.357 e. The van der Waals surface area contributed by atoms with Crippen LogP contribution in [0.1, 0.15) is 47.3 Å². The number of nitrogens with one attached hydrogen (secondary N) is 2. The third kappa shape index (κ3) is 6.94. The number of hydrogen-bond acceptors (Lipinski definition) is 4. The number of rotatable bonds is 7. The summed E-state index contributed by atoms with van der Waals surface area (Å²) in [6.45, 7) is 9.27. The zero-order chi connectivity index (χ0) is 20.6. The van der Waals surface area contributed by atoms with Crippen molar-refractivity contribution in [3.63, 3.8) is 0 Å². The molecule has 0 atom stereocenters. The fourth-order valence-electron chi connectivity index (χ4n) is 3.31. The second-order valence-electron chi connectivity index (χ2n) is 7.29. The summed E-state index contributed by atoms with van der Waals surface area (Å²) < 4.78 is 0. The van der Waals surface area contributed by atoms with Gasteiger partial charge in [0, 0.05) is 43.0 Å². The van der Waals surface area contributed by atoms with E-state index in [0.29, 0.717) is 13.0 Å². The molecule has 1 aromatic heterocycles. The molecule has 1 fully saturated rings. The van der Waals surface area contributed by atoms with Crippen molar-refractivity contribution in [1.82, 2.24) is 15.6 Å². The van der Waals surface area contributed by atoms with E-state index in [1.807, 2.05) is 17.0 Å². The Bertz CT molecular complexity index is 830. The first-order chi connectivity index (χ1) is 14.1. The fourth-order valence-corrected chi connectivity index (χ4v) is 4.24. The Morgan fingerprint density at radius 1 is 1.20 bits per heavy atom. The number of thiazole rings is 1. The predicted molar refractivity (Wildman–Crippen MR) is 136 cm³/mol. The van der Waals surface area contributed by atoms with Gasteiger partial charge in [0.1, 0.15) is 0 Å². The molecule has 0 spiro atoms. The Hall–Kier alpha value is -1.68. The highest BCUT2D eigenvalue weighted by atomic mass is 127. The molecule has 8 heteroatoms.